The first kappa shape index (κ1) is 22.7. The highest BCUT2D eigenvalue weighted by molar-refractivity contribution is 7.99. The number of aryl methyl sites for hydroxylation is 1. The molecular weight excluding hydrogens is 448 g/mol. The Labute approximate surface area is 196 Å². The lowest BCUT2D eigenvalue weighted by molar-refractivity contribution is -0.118. The molecule has 170 valence electrons. The molecule has 0 saturated heterocycles. The summed E-state index contributed by atoms with van der Waals surface area (Å²) < 4.78 is 13.5. The summed E-state index contributed by atoms with van der Waals surface area (Å²) in [5.74, 6) is 2.48. The Bertz CT molecular complexity index is 1030. The van der Waals surface area contributed by atoms with Crippen molar-refractivity contribution >= 4 is 29.3 Å². The van der Waals surface area contributed by atoms with Gasteiger partial charge in [-0.1, -0.05) is 42.6 Å². The van der Waals surface area contributed by atoms with Gasteiger partial charge in [0.1, 0.15) is 18.1 Å². The number of nitrogens with zero attached hydrogens (tertiary/aromatic N) is 3. The summed E-state index contributed by atoms with van der Waals surface area (Å²) in [6.07, 6.45) is 7.40. The molecule has 1 aliphatic carbocycles. The van der Waals surface area contributed by atoms with Crippen LogP contribution in [0.15, 0.2) is 46.2 Å². The Kier molecular flexibility index (Phi) is 7.76. The average Bonchev–Trinajstić information content (AvgIpc) is 3.46. The van der Waals surface area contributed by atoms with Gasteiger partial charge in [0.2, 0.25) is 5.91 Å². The third kappa shape index (κ3) is 5.86. The van der Waals surface area contributed by atoms with Crippen LogP contribution in [-0.4, -0.2) is 26.4 Å². The fraction of sp³-hybridized carbons (Fsp3) is 0.435. The number of thioether (sulfide) groups is 1. The summed E-state index contributed by atoms with van der Waals surface area (Å²) >= 11 is 7.46. The van der Waals surface area contributed by atoms with E-state index in [0.717, 1.165) is 40.9 Å². The Hall–Kier alpha value is -2.45. The fourth-order valence-electron chi connectivity index (χ4n) is 3.91. The molecule has 9 heteroatoms. The maximum absolute atomic E-state index is 12.3. The van der Waals surface area contributed by atoms with Crippen LogP contribution in [-0.2, 0) is 17.9 Å². The first-order valence-electron chi connectivity index (χ1n) is 10.8. The van der Waals surface area contributed by atoms with Crippen molar-refractivity contribution in [3.63, 3.8) is 0 Å². The maximum Gasteiger partial charge on any atom is 0.230 e. The number of carbonyl (C=O) groups is 1. The standard InChI is InChI=1S/C23H27ClN4O3S/c1-16-12-17(24)9-10-20(16)31-14-21-26-27-23(28(21)18-6-3-2-4-7-18)32-15-22(29)25-13-19-8-5-11-30-19/h5,8-12,18H,2-4,6-7,13-15H2,1H3,(H,25,29). The van der Waals surface area contributed by atoms with Crippen molar-refractivity contribution in [2.24, 2.45) is 0 Å². The molecule has 2 heterocycles. The van der Waals surface area contributed by atoms with Crippen molar-refractivity contribution in [3.05, 3.63) is 58.8 Å². The molecular formula is C23H27ClN4O3S. The molecule has 0 atom stereocenters. The molecule has 1 saturated carbocycles. The third-order valence-electron chi connectivity index (χ3n) is 5.54. The van der Waals surface area contributed by atoms with Crippen LogP contribution in [0.5, 0.6) is 5.75 Å². The summed E-state index contributed by atoms with van der Waals surface area (Å²) in [7, 11) is 0. The van der Waals surface area contributed by atoms with Gasteiger partial charge in [0.05, 0.1) is 18.6 Å². The van der Waals surface area contributed by atoms with Crippen LogP contribution in [0.3, 0.4) is 0 Å². The molecule has 1 aliphatic rings. The molecule has 1 aromatic carbocycles. The molecule has 0 spiro atoms. The second kappa shape index (κ2) is 10.9. The number of halogens is 1. The van der Waals surface area contributed by atoms with Gasteiger partial charge in [-0.25, -0.2) is 0 Å². The highest BCUT2D eigenvalue weighted by atomic mass is 35.5. The van der Waals surface area contributed by atoms with Crippen molar-refractivity contribution in [1.29, 1.82) is 0 Å². The van der Waals surface area contributed by atoms with Gasteiger partial charge in [0.25, 0.3) is 0 Å². The molecule has 3 aromatic rings. The highest BCUT2D eigenvalue weighted by Gasteiger charge is 2.24. The van der Waals surface area contributed by atoms with E-state index in [2.05, 4.69) is 20.1 Å². The van der Waals surface area contributed by atoms with Gasteiger partial charge in [-0.15, -0.1) is 10.2 Å². The minimum Gasteiger partial charge on any atom is -0.485 e. The van der Waals surface area contributed by atoms with Crippen molar-refractivity contribution in [2.75, 3.05) is 5.75 Å². The van der Waals surface area contributed by atoms with Crippen LogP contribution in [0, 0.1) is 6.92 Å². The summed E-state index contributed by atoms with van der Waals surface area (Å²) in [4.78, 5) is 12.3. The predicted octanol–water partition coefficient (Wildman–Crippen LogP) is 5.33. The average molecular weight is 475 g/mol. The smallest absolute Gasteiger partial charge is 0.230 e. The van der Waals surface area contributed by atoms with Gasteiger partial charge in [0.15, 0.2) is 11.0 Å². The lowest BCUT2D eigenvalue weighted by atomic mass is 9.95. The molecule has 2 aromatic heterocycles. The van der Waals surface area contributed by atoms with E-state index in [9.17, 15) is 4.79 Å². The zero-order valence-corrected chi connectivity index (χ0v) is 19.6. The number of hydrogen-bond donors (Lipinski definition) is 1. The number of hydrogen-bond acceptors (Lipinski definition) is 6. The largest absolute Gasteiger partial charge is 0.485 e. The minimum atomic E-state index is -0.0702. The normalized spacial score (nSPS) is 14.4. The number of ether oxygens (including phenoxy) is 1. The number of rotatable bonds is 9. The first-order chi connectivity index (χ1) is 15.6. The molecule has 0 aliphatic heterocycles. The Morgan fingerprint density at radius 3 is 2.88 bits per heavy atom. The predicted molar refractivity (Wildman–Crippen MR) is 124 cm³/mol. The molecule has 0 unspecified atom stereocenters. The summed E-state index contributed by atoms with van der Waals surface area (Å²) in [6, 6.07) is 9.54. The number of benzene rings is 1. The van der Waals surface area contributed by atoms with Crippen LogP contribution >= 0.6 is 23.4 Å². The van der Waals surface area contributed by atoms with E-state index in [1.165, 1.54) is 31.0 Å². The minimum absolute atomic E-state index is 0.0702. The second-order valence-corrected chi connectivity index (χ2v) is 9.28. The zero-order chi connectivity index (χ0) is 22.3. The van der Waals surface area contributed by atoms with Crippen LogP contribution in [0.25, 0.3) is 0 Å². The monoisotopic (exact) mass is 474 g/mol. The van der Waals surface area contributed by atoms with E-state index in [-0.39, 0.29) is 11.7 Å². The molecule has 7 nitrogen and oxygen atoms in total. The Morgan fingerprint density at radius 2 is 2.12 bits per heavy atom. The van der Waals surface area contributed by atoms with E-state index in [0.29, 0.717) is 24.2 Å². The van der Waals surface area contributed by atoms with Crippen molar-refractivity contribution in [2.45, 2.75) is 63.4 Å². The third-order valence-corrected chi connectivity index (χ3v) is 6.72. The van der Waals surface area contributed by atoms with Crippen molar-refractivity contribution < 1.29 is 13.9 Å². The van der Waals surface area contributed by atoms with Crippen LogP contribution < -0.4 is 10.1 Å². The summed E-state index contributed by atoms with van der Waals surface area (Å²) in [5, 5.41) is 13.1. The summed E-state index contributed by atoms with van der Waals surface area (Å²) in [5.41, 5.74) is 0.976. The van der Waals surface area contributed by atoms with Gasteiger partial charge >= 0.3 is 0 Å². The van der Waals surface area contributed by atoms with Gasteiger partial charge in [-0.3, -0.25) is 9.36 Å². The van der Waals surface area contributed by atoms with E-state index >= 15 is 0 Å². The lowest BCUT2D eigenvalue weighted by Gasteiger charge is -2.25. The zero-order valence-electron chi connectivity index (χ0n) is 18.1. The molecule has 1 N–H and O–H groups in total. The van der Waals surface area contributed by atoms with Gasteiger partial charge in [0, 0.05) is 11.1 Å². The number of nitrogens with one attached hydrogen (secondary N) is 1. The molecule has 1 fully saturated rings. The number of furan rings is 1. The topological polar surface area (TPSA) is 82.2 Å². The van der Waals surface area contributed by atoms with E-state index in [1.54, 1.807) is 12.3 Å². The summed E-state index contributed by atoms with van der Waals surface area (Å²) in [6.45, 7) is 2.66. The van der Waals surface area contributed by atoms with Crippen LogP contribution in [0.2, 0.25) is 5.02 Å². The molecule has 0 radical (unpaired) electrons. The van der Waals surface area contributed by atoms with E-state index in [4.69, 9.17) is 20.8 Å². The Balaban J connectivity index is 1.43. The fourth-order valence-corrected chi connectivity index (χ4v) is 4.99. The van der Waals surface area contributed by atoms with E-state index < -0.39 is 0 Å². The van der Waals surface area contributed by atoms with Gasteiger partial charge < -0.3 is 14.5 Å². The van der Waals surface area contributed by atoms with Gasteiger partial charge in [-0.2, -0.15) is 0 Å². The van der Waals surface area contributed by atoms with Crippen LogP contribution in [0.1, 0.15) is 55.3 Å². The van der Waals surface area contributed by atoms with Crippen LogP contribution in [0.4, 0.5) is 0 Å². The van der Waals surface area contributed by atoms with E-state index in [1.807, 2.05) is 31.2 Å². The number of amides is 1. The first-order valence-corrected chi connectivity index (χ1v) is 12.2. The molecule has 1 amide bonds. The molecule has 4 rings (SSSR count). The number of carbonyl (C=O) groups excluding carboxylic acids is 1. The molecule has 32 heavy (non-hydrogen) atoms. The quantitative estimate of drug-likeness (QED) is 0.422. The lowest BCUT2D eigenvalue weighted by Crippen LogP contribution is -2.25. The second-order valence-electron chi connectivity index (χ2n) is 7.90. The van der Waals surface area contributed by atoms with Crippen molar-refractivity contribution in [3.8, 4) is 5.75 Å². The highest BCUT2D eigenvalue weighted by Crippen LogP contribution is 2.33. The maximum atomic E-state index is 12.3. The Morgan fingerprint density at radius 1 is 1.28 bits per heavy atom. The number of aromatic nitrogens is 3. The molecule has 0 bridgehead atoms. The SMILES string of the molecule is Cc1cc(Cl)ccc1OCc1nnc(SCC(=O)NCc2ccco2)n1C1CCCCC1. The van der Waals surface area contributed by atoms with Gasteiger partial charge in [-0.05, 0) is 55.7 Å². The van der Waals surface area contributed by atoms with Crippen molar-refractivity contribution in [1.82, 2.24) is 20.1 Å².